The molecular formula is C16H12N2O. The van der Waals surface area contributed by atoms with Crippen molar-refractivity contribution in [2.75, 3.05) is 0 Å². The van der Waals surface area contributed by atoms with Crippen LogP contribution in [0, 0.1) is 0 Å². The second-order valence-electron chi connectivity index (χ2n) is 4.18. The first-order chi connectivity index (χ1) is 9.40. The number of benzene rings is 2. The molecule has 3 nitrogen and oxygen atoms in total. The Morgan fingerprint density at radius 1 is 0.895 bits per heavy atom. The van der Waals surface area contributed by atoms with Gasteiger partial charge in [0.15, 0.2) is 6.29 Å². The second kappa shape index (κ2) is 4.90. The molecule has 0 saturated carbocycles. The highest BCUT2D eigenvalue weighted by atomic mass is 16.1. The van der Waals surface area contributed by atoms with Crippen LogP contribution in [0.2, 0.25) is 0 Å². The summed E-state index contributed by atoms with van der Waals surface area (Å²) in [4.78, 5) is 11.2. The lowest BCUT2D eigenvalue weighted by atomic mass is 10.1. The smallest absolute Gasteiger partial charge is 0.153 e. The molecule has 2 aromatic carbocycles. The number of aromatic nitrogens is 2. The van der Waals surface area contributed by atoms with Crippen LogP contribution in [0.3, 0.4) is 0 Å². The maximum atomic E-state index is 11.2. The summed E-state index contributed by atoms with van der Waals surface area (Å²) in [5, 5.41) is 4.32. The molecule has 0 spiro atoms. The summed E-state index contributed by atoms with van der Waals surface area (Å²) in [5.74, 6) is 0. The zero-order chi connectivity index (χ0) is 13.1. The Kier molecular flexibility index (Phi) is 2.94. The minimum absolute atomic E-state index is 0.593. The van der Waals surface area contributed by atoms with Gasteiger partial charge in [-0.1, -0.05) is 48.5 Å². The van der Waals surface area contributed by atoms with Gasteiger partial charge in [0.2, 0.25) is 0 Å². The predicted molar refractivity (Wildman–Crippen MR) is 74.4 cm³/mol. The number of hydrogen-bond acceptors (Lipinski definition) is 2. The van der Waals surface area contributed by atoms with Gasteiger partial charge in [-0.15, -0.1) is 0 Å². The number of carbonyl (C=O) groups excluding carboxylic acids is 1. The average molecular weight is 248 g/mol. The maximum absolute atomic E-state index is 11.2. The first-order valence-corrected chi connectivity index (χ1v) is 6.04. The van der Waals surface area contributed by atoms with Crippen molar-refractivity contribution in [1.82, 2.24) is 9.78 Å². The highest BCUT2D eigenvalue weighted by molar-refractivity contribution is 5.86. The monoisotopic (exact) mass is 248 g/mol. The van der Waals surface area contributed by atoms with Crippen LogP contribution >= 0.6 is 0 Å². The van der Waals surface area contributed by atoms with Gasteiger partial charge in [-0.05, 0) is 12.1 Å². The predicted octanol–water partition coefficient (Wildman–Crippen LogP) is 3.35. The van der Waals surface area contributed by atoms with Gasteiger partial charge in [0.25, 0.3) is 0 Å². The van der Waals surface area contributed by atoms with Gasteiger partial charge in [0.05, 0.1) is 23.1 Å². The Hall–Kier alpha value is -2.68. The number of rotatable bonds is 3. The molecule has 3 heteroatoms. The van der Waals surface area contributed by atoms with E-state index in [-0.39, 0.29) is 0 Å². The van der Waals surface area contributed by atoms with Gasteiger partial charge in [0.1, 0.15) is 0 Å². The van der Waals surface area contributed by atoms with Crippen LogP contribution in [0.1, 0.15) is 10.4 Å². The van der Waals surface area contributed by atoms with E-state index in [2.05, 4.69) is 5.10 Å². The van der Waals surface area contributed by atoms with Crippen molar-refractivity contribution < 1.29 is 4.79 Å². The van der Waals surface area contributed by atoms with E-state index in [4.69, 9.17) is 0 Å². The Bertz CT molecular complexity index is 687. The molecule has 0 aliphatic heterocycles. The molecule has 0 amide bonds. The number of aldehydes is 1. The molecule has 3 aromatic rings. The van der Waals surface area contributed by atoms with Gasteiger partial charge in [-0.3, -0.25) is 4.79 Å². The van der Waals surface area contributed by atoms with E-state index < -0.39 is 0 Å². The Labute approximate surface area is 111 Å². The molecule has 1 heterocycles. The molecule has 0 unspecified atom stereocenters. The number of carbonyl (C=O) groups is 1. The zero-order valence-electron chi connectivity index (χ0n) is 10.2. The van der Waals surface area contributed by atoms with Gasteiger partial charge in [-0.25, -0.2) is 4.68 Å². The second-order valence-corrected chi connectivity index (χ2v) is 4.18. The van der Waals surface area contributed by atoms with E-state index >= 15 is 0 Å². The Morgan fingerprint density at radius 2 is 1.53 bits per heavy atom. The van der Waals surface area contributed by atoms with E-state index in [1.54, 1.807) is 10.9 Å². The summed E-state index contributed by atoms with van der Waals surface area (Å²) in [6.07, 6.45) is 2.44. The van der Waals surface area contributed by atoms with E-state index in [0.29, 0.717) is 5.56 Å². The highest BCUT2D eigenvalue weighted by Gasteiger charge is 2.13. The third-order valence-corrected chi connectivity index (χ3v) is 2.97. The molecule has 19 heavy (non-hydrogen) atoms. The summed E-state index contributed by atoms with van der Waals surface area (Å²) in [7, 11) is 0. The van der Waals surface area contributed by atoms with Crippen LogP contribution < -0.4 is 0 Å². The summed E-state index contributed by atoms with van der Waals surface area (Å²) >= 11 is 0. The minimum atomic E-state index is 0.593. The molecule has 0 saturated heterocycles. The van der Waals surface area contributed by atoms with Crippen molar-refractivity contribution in [3.63, 3.8) is 0 Å². The summed E-state index contributed by atoms with van der Waals surface area (Å²) in [6, 6.07) is 19.6. The fourth-order valence-corrected chi connectivity index (χ4v) is 2.10. The lowest BCUT2D eigenvalue weighted by Crippen LogP contribution is -1.99. The molecule has 0 atom stereocenters. The van der Waals surface area contributed by atoms with Crippen LogP contribution in [0.15, 0.2) is 66.9 Å². The SMILES string of the molecule is O=Cc1cnn(-c2ccccc2)c1-c1ccccc1. The largest absolute Gasteiger partial charge is 0.298 e. The molecule has 0 aliphatic carbocycles. The summed E-state index contributed by atoms with van der Waals surface area (Å²) in [5.41, 5.74) is 3.33. The maximum Gasteiger partial charge on any atom is 0.153 e. The molecule has 0 radical (unpaired) electrons. The quantitative estimate of drug-likeness (QED) is 0.666. The lowest BCUT2D eigenvalue weighted by Gasteiger charge is -2.08. The Morgan fingerprint density at radius 3 is 2.16 bits per heavy atom. The van der Waals surface area contributed by atoms with Crippen molar-refractivity contribution in [2.45, 2.75) is 0 Å². The molecule has 0 N–H and O–H groups in total. The van der Waals surface area contributed by atoms with Gasteiger partial charge in [-0.2, -0.15) is 5.10 Å². The van der Waals surface area contributed by atoms with Crippen molar-refractivity contribution in [2.24, 2.45) is 0 Å². The van der Waals surface area contributed by atoms with Crippen molar-refractivity contribution in [3.8, 4) is 16.9 Å². The van der Waals surface area contributed by atoms with Gasteiger partial charge in [0, 0.05) is 5.56 Å². The first kappa shape index (κ1) is 11.4. The molecule has 92 valence electrons. The molecular weight excluding hydrogens is 236 g/mol. The molecule has 0 bridgehead atoms. The molecule has 1 aromatic heterocycles. The lowest BCUT2D eigenvalue weighted by molar-refractivity contribution is 0.112. The van der Waals surface area contributed by atoms with E-state index in [0.717, 1.165) is 23.2 Å². The fraction of sp³-hybridized carbons (Fsp3) is 0. The van der Waals surface area contributed by atoms with E-state index in [1.165, 1.54) is 0 Å². The van der Waals surface area contributed by atoms with E-state index in [1.807, 2.05) is 60.7 Å². The topological polar surface area (TPSA) is 34.9 Å². The van der Waals surface area contributed by atoms with Crippen LogP contribution in [0.25, 0.3) is 16.9 Å². The average Bonchev–Trinajstić information content (AvgIpc) is 2.93. The van der Waals surface area contributed by atoms with Crippen LogP contribution in [0.4, 0.5) is 0 Å². The number of para-hydroxylation sites is 1. The van der Waals surface area contributed by atoms with Gasteiger partial charge >= 0.3 is 0 Å². The highest BCUT2D eigenvalue weighted by Crippen LogP contribution is 2.25. The first-order valence-electron chi connectivity index (χ1n) is 6.04. The molecule has 3 rings (SSSR count). The van der Waals surface area contributed by atoms with Crippen molar-refractivity contribution in [3.05, 3.63) is 72.4 Å². The Balaban J connectivity index is 2.23. The van der Waals surface area contributed by atoms with Crippen molar-refractivity contribution in [1.29, 1.82) is 0 Å². The molecule has 0 aliphatic rings. The van der Waals surface area contributed by atoms with Crippen LogP contribution in [-0.4, -0.2) is 16.1 Å². The van der Waals surface area contributed by atoms with Crippen molar-refractivity contribution >= 4 is 6.29 Å². The standard InChI is InChI=1S/C16H12N2O/c19-12-14-11-17-18(15-9-5-2-6-10-15)16(14)13-7-3-1-4-8-13/h1-12H. The third-order valence-electron chi connectivity index (χ3n) is 2.97. The van der Waals surface area contributed by atoms with E-state index in [9.17, 15) is 4.79 Å². The van der Waals surface area contributed by atoms with Gasteiger partial charge < -0.3 is 0 Å². The summed E-state index contributed by atoms with van der Waals surface area (Å²) < 4.78 is 1.79. The van der Waals surface area contributed by atoms with Crippen LogP contribution in [0.5, 0.6) is 0 Å². The molecule has 0 fully saturated rings. The third kappa shape index (κ3) is 2.06. The fourth-order valence-electron chi connectivity index (χ4n) is 2.10. The van der Waals surface area contributed by atoms with Crippen LogP contribution in [-0.2, 0) is 0 Å². The zero-order valence-corrected chi connectivity index (χ0v) is 10.2. The summed E-state index contributed by atoms with van der Waals surface area (Å²) in [6.45, 7) is 0. The minimum Gasteiger partial charge on any atom is -0.298 e. The normalized spacial score (nSPS) is 10.3. The number of nitrogens with zero attached hydrogens (tertiary/aromatic N) is 2. The number of hydrogen-bond donors (Lipinski definition) is 0.